The van der Waals surface area contributed by atoms with Crippen LogP contribution >= 0.6 is 11.6 Å². The molecule has 7 heteroatoms. The van der Waals surface area contributed by atoms with Crippen molar-refractivity contribution >= 4 is 29.1 Å². The lowest BCUT2D eigenvalue weighted by molar-refractivity contribution is -0.136. The summed E-state index contributed by atoms with van der Waals surface area (Å²) in [5.41, 5.74) is -0.644. The van der Waals surface area contributed by atoms with E-state index in [1.165, 1.54) is 0 Å². The molecule has 0 aromatic heterocycles. The second-order valence-electron chi connectivity index (χ2n) is 3.35. The molecular weight excluding hydrogens is 266 g/mol. The van der Waals surface area contributed by atoms with Gasteiger partial charge in [0.2, 0.25) is 0 Å². The molecular formula is C11H11ClF2N2O2. The first kappa shape index (κ1) is 14.4. The van der Waals surface area contributed by atoms with Crippen LogP contribution in [0.15, 0.2) is 18.2 Å². The van der Waals surface area contributed by atoms with Gasteiger partial charge in [0, 0.05) is 12.4 Å². The zero-order chi connectivity index (χ0) is 13.5. The summed E-state index contributed by atoms with van der Waals surface area (Å²) in [6.07, 6.45) is 0.495. The number of hydrogen-bond donors (Lipinski definition) is 2. The molecule has 4 nitrogen and oxygen atoms in total. The third-order valence-electron chi connectivity index (χ3n) is 2.00. The summed E-state index contributed by atoms with van der Waals surface area (Å²) in [5.74, 6) is -3.66. The van der Waals surface area contributed by atoms with Crippen molar-refractivity contribution < 1.29 is 18.4 Å². The van der Waals surface area contributed by atoms with Crippen LogP contribution < -0.4 is 10.6 Å². The van der Waals surface area contributed by atoms with E-state index in [0.29, 0.717) is 12.3 Å². The molecule has 1 aromatic rings. The fraction of sp³-hybridized carbons (Fsp3) is 0.273. The first-order chi connectivity index (χ1) is 8.56. The molecule has 18 heavy (non-hydrogen) atoms. The van der Waals surface area contributed by atoms with E-state index in [2.05, 4.69) is 5.32 Å². The van der Waals surface area contributed by atoms with Gasteiger partial charge in [0.25, 0.3) is 0 Å². The largest absolute Gasteiger partial charge is 0.348 e. The van der Waals surface area contributed by atoms with E-state index < -0.39 is 29.1 Å². The lowest BCUT2D eigenvalue weighted by atomic mass is 10.3. The molecule has 0 aliphatic carbocycles. The normalized spacial score (nSPS) is 9.94. The Bertz CT molecular complexity index is 434. The van der Waals surface area contributed by atoms with Crippen LogP contribution in [0, 0.1) is 11.6 Å². The number of carbonyl (C=O) groups excluding carboxylic acids is 2. The number of rotatable bonds is 4. The molecule has 0 radical (unpaired) electrons. The third kappa shape index (κ3) is 3.96. The molecule has 0 aliphatic rings. The maximum absolute atomic E-state index is 13.2. The molecule has 0 aliphatic heterocycles. The van der Waals surface area contributed by atoms with E-state index in [0.717, 1.165) is 18.2 Å². The van der Waals surface area contributed by atoms with Gasteiger partial charge in [-0.25, -0.2) is 8.78 Å². The minimum atomic E-state index is -1.13. The predicted octanol–water partition coefficient (Wildman–Crippen LogP) is 1.65. The topological polar surface area (TPSA) is 58.2 Å². The van der Waals surface area contributed by atoms with Crippen LogP contribution in [0.25, 0.3) is 0 Å². The highest BCUT2D eigenvalue weighted by Gasteiger charge is 2.17. The molecule has 0 bridgehead atoms. The van der Waals surface area contributed by atoms with Gasteiger partial charge in [0.1, 0.15) is 17.3 Å². The van der Waals surface area contributed by atoms with Crippen molar-refractivity contribution in [3.63, 3.8) is 0 Å². The maximum atomic E-state index is 13.2. The van der Waals surface area contributed by atoms with E-state index in [9.17, 15) is 18.4 Å². The summed E-state index contributed by atoms with van der Waals surface area (Å²) in [7, 11) is 0. The molecule has 0 saturated heterocycles. The summed E-state index contributed by atoms with van der Waals surface area (Å²) < 4.78 is 26.4. The molecule has 0 heterocycles. The Hall–Kier alpha value is -1.69. The molecule has 1 rings (SSSR count). The highest BCUT2D eigenvalue weighted by Crippen LogP contribution is 2.17. The number of amides is 2. The first-order valence-corrected chi connectivity index (χ1v) is 5.69. The number of halogens is 3. The number of nitrogens with one attached hydrogen (secondary N) is 2. The van der Waals surface area contributed by atoms with Crippen LogP contribution in [-0.4, -0.2) is 24.2 Å². The van der Waals surface area contributed by atoms with Gasteiger partial charge in [-0.1, -0.05) is 6.07 Å². The molecule has 0 atom stereocenters. The average molecular weight is 277 g/mol. The van der Waals surface area contributed by atoms with Crippen molar-refractivity contribution in [2.75, 3.05) is 17.7 Å². The summed E-state index contributed by atoms with van der Waals surface area (Å²) >= 11 is 5.38. The fourth-order valence-electron chi connectivity index (χ4n) is 1.14. The smallest absolute Gasteiger partial charge is 0.313 e. The van der Waals surface area contributed by atoms with Crippen molar-refractivity contribution in [2.24, 2.45) is 0 Å². The number of carbonyl (C=O) groups is 2. The van der Waals surface area contributed by atoms with Gasteiger partial charge in [-0.15, -0.1) is 11.6 Å². The fourth-order valence-corrected chi connectivity index (χ4v) is 1.27. The molecule has 2 N–H and O–H groups in total. The Morgan fingerprint density at radius 3 is 2.33 bits per heavy atom. The van der Waals surface area contributed by atoms with Gasteiger partial charge in [-0.3, -0.25) is 9.59 Å². The lowest BCUT2D eigenvalue weighted by Gasteiger charge is -2.07. The Morgan fingerprint density at radius 2 is 1.78 bits per heavy atom. The molecule has 0 spiro atoms. The quantitative estimate of drug-likeness (QED) is 0.499. The minimum Gasteiger partial charge on any atom is -0.348 e. The highest BCUT2D eigenvalue weighted by atomic mass is 35.5. The van der Waals surface area contributed by atoms with Crippen LogP contribution in [0.4, 0.5) is 14.5 Å². The number of anilines is 1. The molecule has 0 saturated carbocycles. The van der Waals surface area contributed by atoms with Crippen LogP contribution in [0.5, 0.6) is 0 Å². The van der Waals surface area contributed by atoms with Gasteiger partial charge in [0.15, 0.2) is 0 Å². The third-order valence-corrected chi connectivity index (χ3v) is 2.27. The first-order valence-electron chi connectivity index (χ1n) is 5.15. The second-order valence-corrected chi connectivity index (χ2v) is 3.73. The average Bonchev–Trinajstić information content (AvgIpc) is 2.34. The van der Waals surface area contributed by atoms with E-state index in [-0.39, 0.29) is 6.54 Å². The van der Waals surface area contributed by atoms with Crippen molar-refractivity contribution in [3.8, 4) is 0 Å². The van der Waals surface area contributed by atoms with Gasteiger partial charge < -0.3 is 10.6 Å². The van der Waals surface area contributed by atoms with E-state index in [1.54, 1.807) is 0 Å². The summed E-state index contributed by atoms with van der Waals surface area (Å²) in [5, 5.41) is 4.13. The monoisotopic (exact) mass is 276 g/mol. The van der Waals surface area contributed by atoms with E-state index in [4.69, 9.17) is 11.6 Å². The molecule has 98 valence electrons. The van der Waals surface area contributed by atoms with E-state index in [1.807, 2.05) is 5.32 Å². The summed E-state index contributed by atoms with van der Waals surface area (Å²) in [4.78, 5) is 22.6. The molecule has 1 aromatic carbocycles. The second kappa shape index (κ2) is 6.90. The van der Waals surface area contributed by atoms with Crippen LogP contribution in [0.2, 0.25) is 0 Å². The number of alkyl halides is 1. The van der Waals surface area contributed by atoms with Crippen molar-refractivity contribution in [3.05, 3.63) is 29.8 Å². The van der Waals surface area contributed by atoms with Crippen LogP contribution in [0.3, 0.4) is 0 Å². The van der Waals surface area contributed by atoms with Gasteiger partial charge in [-0.05, 0) is 18.6 Å². The number of hydrogen-bond acceptors (Lipinski definition) is 2. The standard InChI is InChI=1S/C11H11ClF2N2O2/c12-5-2-6-15-10(17)11(18)16-9-7(13)3-1-4-8(9)14/h1,3-4H,2,5-6H2,(H,15,17)(H,16,18). The SMILES string of the molecule is O=C(NCCCCl)C(=O)Nc1c(F)cccc1F. The van der Waals surface area contributed by atoms with Gasteiger partial charge in [0.05, 0.1) is 0 Å². The summed E-state index contributed by atoms with van der Waals surface area (Å²) in [6.45, 7) is 0.218. The Kier molecular flexibility index (Phi) is 5.51. The molecule has 0 unspecified atom stereocenters. The van der Waals surface area contributed by atoms with Crippen molar-refractivity contribution in [2.45, 2.75) is 6.42 Å². The number of para-hydroxylation sites is 1. The highest BCUT2D eigenvalue weighted by molar-refractivity contribution is 6.39. The van der Waals surface area contributed by atoms with Crippen LogP contribution in [-0.2, 0) is 9.59 Å². The van der Waals surface area contributed by atoms with Crippen molar-refractivity contribution in [1.29, 1.82) is 0 Å². The van der Waals surface area contributed by atoms with Gasteiger partial charge in [-0.2, -0.15) is 0 Å². The Balaban J connectivity index is 2.61. The molecule has 0 fully saturated rings. The Morgan fingerprint density at radius 1 is 1.17 bits per heavy atom. The summed E-state index contributed by atoms with van der Waals surface area (Å²) in [6, 6.07) is 3.11. The lowest BCUT2D eigenvalue weighted by Crippen LogP contribution is -2.36. The zero-order valence-electron chi connectivity index (χ0n) is 9.30. The molecule has 2 amide bonds. The van der Waals surface area contributed by atoms with Crippen molar-refractivity contribution in [1.82, 2.24) is 5.32 Å². The van der Waals surface area contributed by atoms with Crippen LogP contribution in [0.1, 0.15) is 6.42 Å². The van der Waals surface area contributed by atoms with E-state index >= 15 is 0 Å². The minimum absolute atomic E-state index is 0.218. The van der Waals surface area contributed by atoms with Gasteiger partial charge >= 0.3 is 11.8 Å². The zero-order valence-corrected chi connectivity index (χ0v) is 10.1. The predicted molar refractivity (Wildman–Crippen MR) is 63.3 cm³/mol. The Labute approximate surface area is 107 Å². The maximum Gasteiger partial charge on any atom is 0.313 e. The number of benzene rings is 1.